The quantitative estimate of drug-likeness (QED) is 0.804. The van der Waals surface area contributed by atoms with Crippen LogP contribution in [-0.2, 0) is 6.42 Å². The molecule has 0 radical (unpaired) electrons. The lowest BCUT2D eigenvalue weighted by atomic mass is 9.94. The van der Waals surface area contributed by atoms with Gasteiger partial charge in [0.2, 0.25) is 0 Å². The summed E-state index contributed by atoms with van der Waals surface area (Å²) in [6.07, 6.45) is 0.766. The third-order valence-corrected chi connectivity index (χ3v) is 2.31. The minimum atomic E-state index is -0.484. The van der Waals surface area contributed by atoms with E-state index in [1.54, 1.807) is 0 Å². The monoisotopic (exact) mass is 219 g/mol. The molecule has 2 rings (SSSR count). The van der Waals surface area contributed by atoms with Gasteiger partial charge >= 0.3 is 0 Å². The lowest BCUT2D eigenvalue weighted by molar-refractivity contribution is 0.346. The molecular weight excluding hydrogens is 208 g/mol. The maximum Gasteiger partial charge on any atom is 0.126 e. The van der Waals surface area contributed by atoms with Gasteiger partial charge in [-0.3, -0.25) is 0 Å². The van der Waals surface area contributed by atoms with Crippen LogP contribution in [0.3, 0.4) is 0 Å². The molecule has 0 unspecified atom stereocenters. The van der Waals surface area contributed by atoms with Crippen molar-refractivity contribution in [3.63, 3.8) is 0 Å². The Morgan fingerprint density at radius 3 is 2.14 bits per heavy atom. The van der Waals surface area contributed by atoms with Crippen LogP contribution in [0.1, 0.15) is 5.56 Å². The molecule has 1 N–H and O–H groups in total. The molecule has 78 valence electrons. The fourth-order valence-electron chi connectivity index (χ4n) is 1.55. The Labute approximate surface area is 87.9 Å². The van der Waals surface area contributed by atoms with Crippen LogP contribution in [0.15, 0.2) is 18.2 Å². The number of nitrogens with one attached hydrogen (secondary N) is 1. The van der Waals surface area contributed by atoms with Gasteiger partial charge < -0.3 is 5.32 Å². The molecule has 1 aromatic rings. The third-order valence-electron chi connectivity index (χ3n) is 2.31. The lowest BCUT2D eigenvalue weighted by Crippen LogP contribution is -2.43. The molecule has 0 amide bonds. The van der Waals surface area contributed by atoms with Gasteiger partial charge in [0.1, 0.15) is 11.6 Å². The van der Waals surface area contributed by atoms with Crippen molar-refractivity contribution in [2.75, 3.05) is 13.1 Å². The fraction of sp³-hybridized carbons (Fsp3) is 0.400. The van der Waals surface area contributed by atoms with Gasteiger partial charge in [-0.2, -0.15) is 0 Å². The number of hydrogen-bond donors (Lipinski definition) is 1. The summed E-state index contributed by atoms with van der Waals surface area (Å²) < 4.78 is 25.5. The highest BCUT2D eigenvalue weighted by Gasteiger charge is 2.17. The second kappa shape index (κ2) is 4.71. The zero-order valence-electron chi connectivity index (χ0n) is 7.59. The molecule has 1 heterocycles. The molecule has 0 aliphatic carbocycles. The summed E-state index contributed by atoms with van der Waals surface area (Å²) in [6.45, 7) is 1.91. The lowest BCUT2D eigenvalue weighted by Gasteiger charge is -2.27. The first kappa shape index (κ1) is 11.4. The summed E-state index contributed by atoms with van der Waals surface area (Å²) in [6, 6.07) is 3.71. The van der Waals surface area contributed by atoms with E-state index in [0.717, 1.165) is 31.1 Å². The molecular formula is C10H12ClF2N. The number of halogens is 3. The standard InChI is InChI=1S/C10H11F2N.ClH/c11-9-2-7(3-10(12)4-9)1-8-5-13-6-8;/h2-4,8,13H,1,5-6H2;1H. The Morgan fingerprint density at radius 2 is 1.71 bits per heavy atom. The van der Waals surface area contributed by atoms with Crippen molar-refractivity contribution < 1.29 is 8.78 Å². The minimum absolute atomic E-state index is 0. The average Bonchev–Trinajstić information content (AvgIpc) is 1.95. The number of benzene rings is 1. The minimum Gasteiger partial charge on any atom is -0.316 e. The highest BCUT2D eigenvalue weighted by atomic mass is 35.5. The Morgan fingerprint density at radius 1 is 1.14 bits per heavy atom. The Balaban J connectivity index is 0.000000980. The van der Waals surface area contributed by atoms with Crippen molar-refractivity contribution in [2.45, 2.75) is 6.42 Å². The molecule has 1 fully saturated rings. The smallest absolute Gasteiger partial charge is 0.126 e. The summed E-state index contributed by atoms with van der Waals surface area (Å²) in [7, 11) is 0. The van der Waals surface area contributed by atoms with Crippen LogP contribution in [0.2, 0.25) is 0 Å². The van der Waals surface area contributed by atoms with Crippen LogP contribution >= 0.6 is 12.4 Å². The van der Waals surface area contributed by atoms with E-state index in [4.69, 9.17) is 0 Å². The van der Waals surface area contributed by atoms with Crippen molar-refractivity contribution >= 4 is 12.4 Å². The maximum absolute atomic E-state index is 12.7. The molecule has 0 atom stereocenters. The van der Waals surface area contributed by atoms with Gasteiger partial charge in [0.05, 0.1) is 0 Å². The summed E-state index contributed by atoms with van der Waals surface area (Å²) in [5, 5.41) is 3.12. The summed E-state index contributed by atoms with van der Waals surface area (Å²) >= 11 is 0. The highest BCUT2D eigenvalue weighted by Crippen LogP contribution is 2.15. The van der Waals surface area contributed by atoms with Crippen molar-refractivity contribution in [1.29, 1.82) is 0 Å². The normalized spacial score (nSPS) is 15.9. The van der Waals surface area contributed by atoms with Gasteiger partial charge in [-0.1, -0.05) is 0 Å². The second-order valence-electron chi connectivity index (χ2n) is 3.51. The Kier molecular flexibility index (Phi) is 3.84. The fourth-order valence-corrected chi connectivity index (χ4v) is 1.55. The van der Waals surface area contributed by atoms with Gasteiger partial charge in [-0.05, 0) is 43.1 Å². The third kappa shape index (κ3) is 2.66. The maximum atomic E-state index is 12.7. The molecule has 0 spiro atoms. The molecule has 1 saturated heterocycles. The Hall–Kier alpha value is -0.670. The number of rotatable bonds is 2. The first-order valence-electron chi connectivity index (χ1n) is 4.40. The first-order valence-corrected chi connectivity index (χ1v) is 4.40. The second-order valence-corrected chi connectivity index (χ2v) is 3.51. The molecule has 0 aromatic heterocycles. The van der Waals surface area contributed by atoms with Gasteiger partial charge in [0.15, 0.2) is 0 Å². The van der Waals surface area contributed by atoms with Crippen LogP contribution in [0.5, 0.6) is 0 Å². The van der Waals surface area contributed by atoms with Gasteiger partial charge in [-0.25, -0.2) is 8.78 Å². The molecule has 1 aliphatic rings. The first-order chi connectivity index (χ1) is 6.24. The number of hydrogen-bond acceptors (Lipinski definition) is 1. The molecule has 0 saturated carbocycles. The summed E-state index contributed by atoms with van der Waals surface area (Å²) in [5.41, 5.74) is 0.754. The summed E-state index contributed by atoms with van der Waals surface area (Å²) in [4.78, 5) is 0. The van der Waals surface area contributed by atoms with Gasteiger partial charge in [0.25, 0.3) is 0 Å². The van der Waals surface area contributed by atoms with E-state index in [0.29, 0.717) is 5.92 Å². The zero-order chi connectivity index (χ0) is 9.26. The van der Waals surface area contributed by atoms with Crippen LogP contribution in [-0.4, -0.2) is 13.1 Å². The van der Waals surface area contributed by atoms with E-state index < -0.39 is 11.6 Å². The van der Waals surface area contributed by atoms with Crippen molar-refractivity contribution in [2.24, 2.45) is 5.92 Å². The van der Waals surface area contributed by atoms with E-state index in [2.05, 4.69) is 5.32 Å². The van der Waals surface area contributed by atoms with E-state index >= 15 is 0 Å². The van der Waals surface area contributed by atoms with Crippen molar-refractivity contribution in [3.05, 3.63) is 35.4 Å². The molecule has 1 aromatic carbocycles. The van der Waals surface area contributed by atoms with Gasteiger partial charge in [0, 0.05) is 6.07 Å². The molecule has 0 bridgehead atoms. The Bertz CT molecular complexity index is 293. The van der Waals surface area contributed by atoms with Gasteiger partial charge in [-0.15, -0.1) is 12.4 Å². The van der Waals surface area contributed by atoms with Crippen LogP contribution < -0.4 is 5.32 Å². The average molecular weight is 220 g/mol. The SMILES string of the molecule is Cl.Fc1cc(F)cc(CC2CNC2)c1. The predicted molar refractivity (Wildman–Crippen MR) is 53.7 cm³/mol. The predicted octanol–water partition coefficient (Wildman–Crippen LogP) is 2.15. The topological polar surface area (TPSA) is 12.0 Å². The molecule has 4 heteroatoms. The van der Waals surface area contributed by atoms with E-state index in [1.165, 1.54) is 12.1 Å². The zero-order valence-corrected chi connectivity index (χ0v) is 8.41. The molecule has 14 heavy (non-hydrogen) atoms. The molecule has 1 aliphatic heterocycles. The van der Waals surface area contributed by atoms with Crippen molar-refractivity contribution in [1.82, 2.24) is 5.32 Å². The van der Waals surface area contributed by atoms with Crippen LogP contribution in [0.4, 0.5) is 8.78 Å². The van der Waals surface area contributed by atoms with Crippen molar-refractivity contribution in [3.8, 4) is 0 Å². The van der Waals surface area contributed by atoms with Crippen LogP contribution in [0.25, 0.3) is 0 Å². The highest BCUT2D eigenvalue weighted by molar-refractivity contribution is 5.85. The van der Waals surface area contributed by atoms with E-state index in [1.807, 2.05) is 0 Å². The largest absolute Gasteiger partial charge is 0.316 e. The summed E-state index contributed by atoms with van der Waals surface area (Å²) in [5.74, 6) is -0.425. The van der Waals surface area contributed by atoms with E-state index in [-0.39, 0.29) is 12.4 Å². The molecule has 1 nitrogen and oxygen atoms in total. The van der Waals surface area contributed by atoms with E-state index in [9.17, 15) is 8.78 Å². The van der Waals surface area contributed by atoms with Crippen LogP contribution in [0, 0.1) is 17.6 Å².